The summed E-state index contributed by atoms with van der Waals surface area (Å²) in [4.78, 5) is 22.3. The molecule has 0 aliphatic carbocycles. The molecule has 0 aromatic heterocycles. The van der Waals surface area contributed by atoms with E-state index in [0.29, 0.717) is 0 Å². The largest absolute Gasteiger partial charge is 0.468 e. The lowest BCUT2D eigenvalue weighted by Crippen LogP contribution is -2.34. The van der Waals surface area contributed by atoms with Crippen LogP contribution in [0, 0.1) is 0 Å². The number of hydrogen-bond acceptors (Lipinski definition) is 5. The second kappa shape index (κ2) is 8.49. The lowest BCUT2D eigenvalue weighted by atomic mass is 10.2. The summed E-state index contributed by atoms with van der Waals surface area (Å²) in [5.74, 6) is -1.14. The number of nitrogens with two attached hydrogens (primary N) is 1. The monoisotopic (exact) mass is 273 g/mol. The van der Waals surface area contributed by atoms with Crippen molar-refractivity contribution in [3.8, 4) is 0 Å². The molecule has 0 amide bonds. The van der Waals surface area contributed by atoms with Crippen molar-refractivity contribution >= 4 is 24.3 Å². The minimum Gasteiger partial charge on any atom is -0.468 e. The summed E-state index contributed by atoms with van der Waals surface area (Å²) in [6.45, 7) is 0.174. The van der Waals surface area contributed by atoms with Crippen LogP contribution in [0.25, 0.3) is 0 Å². The molecule has 0 unspecified atom stereocenters. The van der Waals surface area contributed by atoms with Gasteiger partial charge in [-0.25, -0.2) is 0 Å². The first kappa shape index (κ1) is 16.4. The van der Waals surface area contributed by atoms with Crippen molar-refractivity contribution < 1.29 is 19.1 Å². The van der Waals surface area contributed by atoms with Gasteiger partial charge >= 0.3 is 11.9 Å². The standard InChI is InChI=1S/C12H15NO4.ClH/c1-16-12(15)10(13)7-11(14)17-8-9-5-3-2-4-6-9;/h2-6,10H,7-8,13H2,1H3;1H/t10-;/m0./s1. The fourth-order valence-corrected chi connectivity index (χ4v) is 1.21. The van der Waals surface area contributed by atoms with Crippen LogP contribution in [0.3, 0.4) is 0 Å². The maximum absolute atomic E-state index is 11.3. The first-order valence-corrected chi connectivity index (χ1v) is 5.16. The fourth-order valence-electron chi connectivity index (χ4n) is 1.21. The Labute approximate surface area is 112 Å². The Balaban J connectivity index is 0.00000289. The average molecular weight is 274 g/mol. The van der Waals surface area contributed by atoms with Crippen LogP contribution in [-0.2, 0) is 25.7 Å². The molecule has 100 valence electrons. The van der Waals surface area contributed by atoms with Crippen molar-refractivity contribution in [2.75, 3.05) is 7.11 Å². The van der Waals surface area contributed by atoms with Crippen molar-refractivity contribution in [2.45, 2.75) is 19.1 Å². The molecule has 0 fully saturated rings. The molecule has 0 aliphatic heterocycles. The summed E-state index contributed by atoms with van der Waals surface area (Å²) in [6.07, 6.45) is -0.181. The smallest absolute Gasteiger partial charge is 0.323 e. The van der Waals surface area contributed by atoms with E-state index in [0.717, 1.165) is 5.56 Å². The van der Waals surface area contributed by atoms with E-state index in [2.05, 4.69) is 4.74 Å². The molecule has 0 saturated heterocycles. The summed E-state index contributed by atoms with van der Waals surface area (Å²) >= 11 is 0. The third-order valence-electron chi connectivity index (χ3n) is 2.13. The molecule has 18 heavy (non-hydrogen) atoms. The Morgan fingerprint density at radius 1 is 1.28 bits per heavy atom. The van der Waals surface area contributed by atoms with Crippen LogP contribution in [0.15, 0.2) is 30.3 Å². The normalized spacial score (nSPS) is 11.0. The summed E-state index contributed by atoms with van der Waals surface area (Å²) in [5, 5.41) is 0. The van der Waals surface area contributed by atoms with E-state index in [1.807, 2.05) is 30.3 Å². The Kier molecular flexibility index (Phi) is 7.74. The zero-order valence-electron chi connectivity index (χ0n) is 10.00. The van der Waals surface area contributed by atoms with Crippen molar-refractivity contribution in [3.05, 3.63) is 35.9 Å². The Hall–Kier alpha value is -1.59. The number of carbonyl (C=O) groups is 2. The number of benzene rings is 1. The second-order valence-corrected chi connectivity index (χ2v) is 3.48. The second-order valence-electron chi connectivity index (χ2n) is 3.48. The third-order valence-corrected chi connectivity index (χ3v) is 2.13. The van der Waals surface area contributed by atoms with Gasteiger partial charge in [0.1, 0.15) is 12.6 Å². The van der Waals surface area contributed by atoms with Gasteiger partial charge < -0.3 is 15.2 Å². The highest BCUT2D eigenvalue weighted by Crippen LogP contribution is 2.02. The minimum atomic E-state index is -0.969. The van der Waals surface area contributed by atoms with Crippen LogP contribution < -0.4 is 5.73 Å². The van der Waals surface area contributed by atoms with E-state index in [-0.39, 0.29) is 25.4 Å². The number of rotatable bonds is 5. The van der Waals surface area contributed by atoms with Crippen LogP contribution >= 0.6 is 12.4 Å². The van der Waals surface area contributed by atoms with Crippen molar-refractivity contribution in [1.29, 1.82) is 0 Å². The van der Waals surface area contributed by atoms with Crippen LogP contribution in [0.2, 0.25) is 0 Å². The number of halogens is 1. The predicted octanol–water partition coefficient (Wildman–Crippen LogP) is 1.04. The molecule has 5 nitrogen and oxygen atoms in total. The number of esters is 2. The lowest BCUT2D eigenvalue weighted by Gasteiger charge is -2.09. The Bertz CT molecular complexity index is 383. The molecule has 1 rings (SSSR count). The van der Waals surface area contributed by atoms with Crippen LogP contribution in [-0.4, -0.2) is 25.1 Å². The number of hydrogen-bond donors (Lipinski definition) is 1. The van der Waals surface area contributed by atoms with E-state index in [9.17, 15) is 9.59 Å². The molecule has 0 heterocycles. The van der Waals surface area contributed by atoms with Crippen LogP contribution in [0.4, 0.5) is 0 Å². The van der Waals surface area contributed by atoms with Gasteiger partial charge in [-0.2, -0.15) is 0 Å². The van der Waals surface area contributed by atoms with Gasteiger partial charge in [-0.05, 0) is 5.56 Å². The van der Waals surface area contributed by atoms with E-state index < -0.39 is 18.0 Å². The quantitative estimate of drug-likeness (QED) is 0.811. The van der Waals surface area contributed by atoms with Crippen LogP contribution in [0.1, 0.15) is 12.0 Å². The van der Waals surface area contributed by atoms with Gasteiger partial charge in [0.05, 0.1) is 13.5 Å². The first-order valence-electron chi connectivity index (χ1n) is 5.16. The van der Waals surface area contributed by atoms with Crippen molar-refractivity contribution in [3.63, 3.8) is 0 Å². The van der Waals surface area contributed by atoms with Gasteiger partial charge in [0.15, 0.2) is 0 Å². The summed E-state index contributed by atoms with van der Waals surface area (Å²) in [6, 6.07) is 8.29. The summed E-state index contributed by atoms with van der Waals surface area (Å²) in [7, 11) is 1.22. The van der Waals surface area contributed by atoms with E-state index in [1.54, 1.807) is 0 Å². The molecule has 1 atom stereocenters. The van der Waals surface area contributed by atoms with E-state index in [1.165, 1.54) is 7.11 Å². The van der Waals surface area contributed by atoms with Gasteiger partial charge in [0, 0.05) is 0 Å². The topological polar surface area (TPSA) is 78.6 Å². The number of ether oxygens (including phenoxy) is 2. The molecule has 1 aromatic rings. The number of methoxy groups -OCH3 is 1. The molecule has 0 spiro atoms. The minimum absolute atomic E-state index is 0. The molecule has 6 heteroatoms. The molecule has 1 aromatic carbocycles. The maximum Gasteiger partial charge on any atom is 0.323 e. The Morgan fingerprint density at radius 2 is 1.89 bits per heavy atom. The molecular weight excluding hydrogens is 258 g/mol. The Morgan fingerprint density at radius 3 is 2.44 bits per heavy atom. The molecule has 2 N–H and O–H groups in total. The van der Waals surface area contributed by atoms with Gasteiger partial charge in [0.2, 0.25) is 0 Å². The van der Waals surface area contributed by atoms with E-state index in [4.69, 9.17) is 10.5 Å². The van der Waals surface area contributed by atoms with Crippen molar-refractivity contribution in [1.82, 2.24) is 0 Å². The fraction of sp³-hybridized carbons (Fsp3) is 0.333. The predicted molar refractivity (Wildman–Crippen MR) is 68.1 cm³/mol. The van der Waals surface area contributed by atoms with Gasteiger partial charge in [-0.15, -0.1) is 12.4 Å². The molecule has 0 bridgehead atoms. The highest BCUT2D eigenvalue weighted by molar-refractivity contribution is 5.85. The van der Waals surface area contributed by atoms with E-state index >= 15 is 0 Å². The summed E-state index contributed by atoms with van der Waals surface area (Å²) < 4.78 is 9.37. The first-order chi connectivity index (χ1) is 8.13. The SMILES string of the molecule is COC(=O)[C@@H](N)CC(=O)OCc1ccccc1.Cl. The zero-order valence-corrected chi connectivity index (χ0v) is 10.8. The third kappa shape index (κ3) is 5.65. The summed E-state index contributed by atoms with van der Waals surface area (Å²) in [5.41, 5.74) is 6.30. The van der Waals surface area contributed by atoms with Gasteiger partial charge in [-0.1, -0.05) is 30.3 Å². The maximum atomic E-state index is 11.3. The molecular formula is C12H16ClNO4. The van der Waals surface area contributed by atoms with Gasteiger partial charge in [0.25, 0.3) is 0 Å². The highest BCUT2D eigenvalue weighted by atomic mass is 35.5. The lowest BCUT2D eigenvalue weighted by molar-refractivity contribution is -0.151. The highest BCUT2D eigenvalue weighted by Gasteiger charge is 2.18. The zero-order chi connectivity index (χ0) is 12.7. The average Bonchev–Trinajstić information content (AvgIpc) is 2.36. The van der Waals surface area contributed by atoms with Crippen LogP contribution in [0.5, 0.6) is 0 Å². The molecule has 0 aliphatic rings. The number of carbonyl (C=O) groups excluding carboxylic acids is 2. The molecule has 0 radical (unpaired) electrons. The van der Waals surface area contributed by atoms with Crippen molar-refractivity contribution in [2.24, 2.45) is 5.73 Å². The molecule has 0 saturated carbocycles. The van der Waals surface area contributed by atoms with Gasteiger partial charge in [-0.3, -0.25) is 9.59 Å².